The van der Waals surface area contributed by atoms with E-state index in [4.69, 9.17) is 5.11 Å². The molecule has 2 N–H and O–H groups in total. The number of aliphatic carboxylic acids is 1. The highest BCUT2D eigenvalue weighted by Crippen LogP contribution is 1.90. The molecule has 0 aromatic heterocycles. The van der Waals surface area contributed by atoms with Crippen molar-refractivity contribution in [3.05, 3.63) is 0 Å². The number of carboxylic acid groups (broad SMARTS) is 1. The summed E-state index contributed by atoms with van der Waals surface area (Å²) in [7, 11) is 3.99. The van der Waals surface area contributed by atoms with Crippen LogP contribution in [0.25, 0.3) is 0 Å². The molecule has 3 nitrogen and oxygen atoms in total. The van der Waals surface area contributed by atoms with Crippen LogP contribution in [0, 0.1) is 0 Å². The van der Waals surface area contributed by atoms with Crippen LogP contribution in [0.2, 0.25) is 6.32 Å². The van der Waals surface area contributed by atoms with E-state index >= 15 is 0 Å². The minimum atomic E-state index is -0.803. The van der Waals surface area contributed by atoms with Crippen LogP contribution in [0.4, 0.5) is 0 Å². The van der Waals surface area contributed by atoms with Crippen LogP contribution in [-0.4, -0.2) is 25.0 Å². The molecule has 0 spiro atoms. The molecule has 0 saturated heterocycles. The Bertz CT molecular complexity index is 85.4. The normalized spacial score (nSPS) is 13.1. The molecule has 0 aromatic rings. The van der Waals surface area contributed by atoms with Crippen molar-refractivity contribution < 1.29 is 9.90 Å². The average molecular weight is 133 g/mol. The number of rotatable bonds is 3. The van der Waals surface area contributed by atoms with Crippen molar-refractivity contribution in [2.45, 2.75) is 12.4 Å². The van der Waals surface area contributed by atoms with Crippen LogP contribution in [0.15, 0.2) is 0 Å². The Morgan fingerprint density at radius 1 is 2.00 bits per heavy atom. The van der Waals surface area contributed by atoms with Gasteiger partial charge in [0.15, 0.2) is 0 Å². The smallest absolute Gasteiger partial charge is 0.320 e. The van der Waals surface area contributed by atoms with Gasteiger partial charge < -0.3 is 5.11 Å². The summed E-state index contributed by atoms with van der Waals surface area (Å²) in [5.74, 6) is -0.803. The third kappa shape index (κ3) is 2.29. The number of hydrogen-bond donors (Lipinski definition) is 2. The quantitative estimate of drug-likeness (QED) is 0.378. The largest absolute Gasteiger partial charge is 0.480 e. The van der Waals surface area contributed by atoms with Crippen LogP contribution in [0.5, 0.6) is 0 Å². The highest BCUT2D eigenvalue weighted by molar-refractivity contribution is 7.13. The van der Waals surface area contributed by atoms with E-state index < -0.39 is 12.0 Å². The van der Waals surface area contributed by atoms with E-state index in [-0.39, 0.29) is 0 Å². The van der Waals surface area contributed by atoms with E-state index in [1.807, 2.05) is 7.85 Å². The lowest BCUT2D eigenvalue weighted by Crippen LogP contribution is -2.29. The number of hydrogen-bond acceptors (Lipinski definition) is 2. The number of carboxylic acids is 1. The standard InChI is InChI=1S/C3H9BNO2P/c4-1-2(5-8)3(6)7/h2,5H,1,4,8H2,(H,6,7). The van der Waals surface area contributed by atoms with Crippen LogP contribution < -0.4 is 5.09 Å². The van der Waals surface area contributed by atoms with Crippen LogP contribution >= 0.6 is 9.39 Å². The SMILES string of the molecule is BCC(NP)C(=O)O. The molecule has 8 heavy (non-hydrogen) atoms. The Balaban J connectivity index is 3.52. The Labute approximate surface area is 51.5 Å². The lowest BCUT2D eigenvalue weighted by atomic mass is 9.98. The van der Waals surface area contributed by atoms with Gasteiger partial charge in [-0.3, -0.25) is 9.88 Å². The summed E-state index contributed by atoms with van der Waals surface area (Å²) in [5.41, 5.74) is 0. The Hall–Kier alpha value is -0.0751. The second-order valence-corrected chi connectivity index (χ2v) is 1.80. The zero-order valence-electron chi connectivity index (χ0n) is 4.72. The van der Waals surface area contributed by atoms with Crippen molar-refractivity contribution in [2.24, 2.45) is 0 Å². The summed E-state index contributed by atoms with van der Waals surface area (Å²) in [6, 6.07) is -0.417. The van der Waals surface area contributed by atoms with E-state index in [9.17, 15) is 4.79 Å². The molecular formula is C3H9BNO2P. The van der Waals surface area contributed by atoms with Crippen molar-refractivity contribution >= 4 is 23.2 Å². The predicted molar refractivity (Wildman–Crippen MR) is 37.6 cm³/mol. The second kappa shape index (κ2) is 3.87. The average Bonchev–Trinajstić information content (AvgIpc) is 1.69. The van der Waals surface area contributed by atoms with Gasteiger partial charge >= 0.3 is 5.97 Å². The summed E-state index contributed by atoms with van der Waals surface area (Å²) in [6.07, 6.45) is 0.610. The molecule has 2 atom stereocenters. The third-order valence-corrected chi connectivity index (χ3v) is 1.31. The Morgan fingerprint density at radius 3 is 2.50 bits per heavy atom. The first-order valence-corrected chi connectivity index (χ1v) is 2.99. The van der Waals surface area contributed by atoms with E-state index in [0.29, 0.717) is 6.32 Å². The van der Waals surface area contributed by atoms with Gasteiger partial charge in [0.2, 0.25) is 0 Å². The first-order valence-electron chi connectivity index (χ1n) is 2.41. The van der Waals surface area contributed by atoms with Crippen LogP contribution in [0.3, 0.4) is 0 Å². The molecule has 0 heterocycles. The molecule has 2 unspecified atom stereocenters. The maximum Gasteiger partial charge on any atom is 0.320 e. The molecule has 5 heteroatoms. The van der Waals surface area contributed by atoms with E-state index in [1.165, 1.54) is 0 Å². The van der Waals surface area contributed by atoms with Gasteiger partial charge in [0, 0.05) is 0 Å². The van der Waals surface area contributed by atoms with Crippen LogP contribution in [-0.2, 0) is 4.79 Å². The van der Waals surface area contributed by atoms with Crippen molar-refractivity contribution in [1.82, 2.24) is 5.09 Å². The maximum atomic E-state index is 10.1. The number of nitrogens with one attached hydrogen (secondary N) is 1. The number of carbonyl (C=O) groups is 1. The fraction of sp³-hybridized carbons (Fsp3) is 0.667. The zero-order valence-corrected chi connectivity index (χ0v) is 5.87. The van der Waals surface area contributed by atoms with Crippen molar-refractivity contribution in [2.75, 3.05) is 0 Å². The highest BCUT2D eigenvalue weighted by Gasteiger charge is 2.09. The third-order valence-electron chi connectivity index (χ3n) is 0.908. The van der Waals surface area contributed by atoms with Gasteiger partial charge in [0.25, 0.3) is 0 Å². The summed E-state index contributed by atoms with van der Waals surface area (Å²) in [5, 5.41) is 10.9. The summed E-state index contributed by atoms with van der Waals surface area (Å²) in [4.78, 5) is 10.1. The van der Waals surface area contributed by atoms with Crippen molar-refractivity contribution in [1.29, 1.82) is 0 Å². The molecule has 0 aliphatic rings. The maximum absolute atomic E-state index is 10.1. The molecule has 0 saturated carbocycles. The lowest BCUT2D eigenvalue weighted by molar-refractivity contribution is -0.138. The van der Waals surface area contributed by atoms with Crippen molar-refractivity contribution in [3.8, 4) is 0 Å². The molecule has 0 rings (SSSR count). The topological polar surface area (TPSA) is 49.3 Å². The van der Waals surface area contributed by atoms with Crippen molar-refractivity contribution in [3.63, 3.8) is 0 Å². The van der Waals surface area contributed by atoms with Crippen LogP contribution in [0.1, 0.15) is 0 Å². The summed E-state index contributed by atoms with van der Waals surface area (Å²) >= 11 is 0. The monoisotopic (exact) mass is 133 g/mol. The second-order valence-electron chi connectivity index (χ2n) is 1.47. The van der Waals surface area contributed by atoms with Gasteiger partial charge in [-0.05, 0) is 0 Å². The molecule has 0 fully saturated rings. The minimum Gasteiger partial charge on any atom is -0.480 e. The van der Waals surface area contributed by atoms with E-state index in [1.54, 1.807) is 0 Å². The molecule has 0 bridgehead atoms. The van der Waals surface area contributed by atoms with Gasteiger partial charge in [0.1, 0.15) is 13.9 Å². The van der Waals surface area contributed by atoms with Gasteiger partial charge in [-0.25, -0.2) is 0 Å². The Morgan fingerprint density at radius 2 is 2.50 bits per heavy atom. The molecular weight excluding hydrogens is 124 g/mol. The summed E-state index contributed by atoms with van der Waals surface area (Å²) < 4.78 is 0. The lowest BCUT2D eigenvalue weighted by Gasteiger charge is -2.04. The molecule has 0 aliphatic heterocycles. The predicted octanol–water partition coefficient (Wildman–Crippen LogP) is -1.13. The fourth-order valence-corrected chi connectivity index (χ4v) is 0.742. The summed E-state index contributed by atoms with van der Waals surface area (Å²) in [6.45, 7) is 0. The first-order chi connectivity index (χ1) is 3.72. The molecule has 0 aromatic carbocycles. The van der Waals surface area contributed by atoms with Gasteiger partial charge in [0.05, 0.1) is 0 Å². The Kier molecular flexibility index (Phi) is 3.83. The zero-order chi connectivity index (χ0) is 6.57. The van der Waals surface area contributed by atoms with Gasteiger partial charge in [-0.1, -0.05) is 15.7 Å². The van der Waals surface area contributed by atoms with Gasteiger partial charge in [-0.15, -0.1) is 0 Å². The van der Waals surface area contributed by atoms with E-state index in [0.717, 1.165) is 0 Å². The molecule has 0 aliphatic carbocycles. The van der Waals surface area contributed by atoms with E-state index in [2.05, 4.69) is 14.5 Å². The molecule has 0 radical (unpaired) electrons. The fourth-order valence-electron chi connectivity index (χ4n) is 0.364. The van der Waals surface area contributed by atoms with Gasteiger partial charge in [-0.2, -0.15) is 0 Å². The molecule has 0 amide bonds. The first kappa shape index (κ1) is 7.92. The minimum absolute atomic E-state index is 0.417. The molecule has 46 valence electrons. The highest BCUT2D eigenvalue weighted by atomic mass is 31.0.